The number of rotatable bonds is 4. The summed E-state index contributed by atoms with van der Waals surface area (Å²) in [6, 6.07) is 9.64. The number of esters is 1. The van der Waals surface area contributed by atoms with Gasteiger partial charge in [0.2, 0.25) is 0 Å². The van der Waals surface area contributed by atoms with Crippen LogP contribution in [0.1, 0.15) is 25.8 Å². The number of methoxy groups -OCH3 is 1. The molecule has 1 aliphatic rings. The van der Waals surface area contributed by atoms with Crippen LogP contribution in [0.15, 0.2) is 30.3 Å². The smallest absolute Gasteiger partial charge is 0.328 e. The van der Waals surface area contributed by atoms with Crippen molar-refractivity contribution in [3.63, 3.8) is 0 Å². The molecular formula is C15H19NO4. The van der Waals surface area contributed by atoms with Crippen molar-refractivity contribution in [3.05, 3.63) is 35.9 Å². The molecule has 0 radical (unpaired) electrons. The zero-order valence-corrected chi connectivity index (χ0v) is 12.0. The molecule has 2 atom stereocenters. The van der Waals surface area contributed by atoms with Crippen LogP contribution in [0.4, 0.5) is 0 Å². The third-order valence-electron chi connectivity index (χ3n) is 3.61. The second-order valence-electron chi connectivity index (χ2n) is 5.49. The van der Waals surface area contributed by atoms with E-state index in [0.29, 0.717) is 6.54 Å². The average molecular weight is 277 g/mol. The maximum Gasteiger partial charge on any atom is 0.328 e. The predicted molar refractivity (Wildman–Crippen MR) is 72.6 cm³/mol. The van der Waals surface area contributed by atoms with E-state index in [1.165, 1.54) is 7.11 Å². The van der Waals surface area contributed by atoms with Crippen molar-refractivity contribution in [1.29, 1.82) is 0 Å². The quantitative estimate of drug-likeness (QED) is 0.619. The molecule has 1 fully saturated rings. The van der Waals surface area contributed by atoms with E-state index in [-0.39, 0.29) is 6.42 Å². The highest BCUT2D eigenvalue weighted by atomic mass is 16.7. The van der Waals surface area contributed by atoms with Gasteiger partial charge in [0.15, 0.2) is 6.29 Å². The summed E-state index contributed by atoms with van der Waals surface area (Å²) in [6.07, 6.45) is 1.00. The van der Waals surface area contributed by atoms with E-state index in [1.807, 2.05) is 30.3 Å². The van der Waals surface area contributed by atoms with E-state index in [9.17, 15) is 9.59 Å². The molecule has 0 unspecified atom stereocenters. The Morgan fingerprint density at radius 2 is 2.05 bits per heavy atom. The first-order valence-corrected chi connectivity index (χ1v) is 6.49. The van der Waals surface area contributed by atoms with Crippen molar-refractivity contribution in [3.8, 4) is 0 Å². The molecule has 0 amide bonds. The number of aldehydes is 1. The fourth-order valence-corrected chi connectivity index (χ4v) is 2.57. The first-order chi connectivity index (χ1) is 9.43. The Morgan fingerprint density at radius 1 is 1.40 bits per heavy atom. The molecule has 0 N–H and O–H groups in total. The van der Waals surface area contributed by atoms with Crippen LogP contribution in [-0.4, -0.2) is 35.6 Å². The van der Waals surface area contributed by atoms with Crippen LogP contribution in [-0.2, 0) is 25.7 Å². The number of hydrogen-bond donors (Lipinski definition) is 0. The van der Waals surface area contributed by atoms with Gasteiger partial charge >= 0.3 is 5.97 Å². The SMILES string of the molecule is COC(=O)[C@@]1(C)C[C@@](C)(C=O)ON1Cc1ccccc1. The lowest BCUT2D eigenvalue weighted by Crippen LogP contribution is -2.47. The van der Waals surface area contributed by atoms with Gasteiger partial charge in [-0.3, -0.25) is 4.84 Å². The van der Waals surface area contributed by atoms with Gasteiger partial charge in [0.25, 0.3) is 0 Å². The van der Waals surface area contributed by atoms with E-state index < -0.39 is 17.1 Å². The van der Waals surface area contributed by atoms with Crippen LogP contribution in [0.3, 0.4) is 0 Å². The van der Waals surface area contributed by atoms with Crippen LogP contribution < -0.4 is 0 Å². The number of benzene rings is 1. The fourth-order valence-electron chi connectivity index (χ4n) is 2.57. The zero-order chi connectivity index (χ0) is 14.8. The second kappa shape index (κ2) is 5.34. The molecule has 0 bridgehead atoms. The van der Waals surface area contributed by atoms with Gasteiger partial charge in [-0.25, -0.2) is 4.79 Å². The van der Waals surface area contributed by atoms with Crippen LogP contribution in [0, 0.1) is 0 Å². The Hall–Kier alpha value is -1.72. The van der Waals surface area contributed by atoms with Crippen LogP contribution >= 0.6 is 0 Å². The average Bonchev–Trinajstić information content (AvgIpc) is 2.72. The van der Waals surface area contributed by atoms with Gasteiger partial charge in [0.1, 0.15) is 11.1 Å². The summed E-state index contributed by atoms with van der Waals surface area (Å²) in [5.74, 6) is -0.404. The van der Waals surface area contributed by atoms with Gasteiger partial charge in [-0.05, 0) is 19.4 Å². The molecule has 1 aliphatic heterocycles. The number of hydroxylamine groups is 2. The second-order valence-corrected chi connectivity index (χ2v) is 5.49. The van der Waals surface area contributed by atoms with Gasteiger partial charge < -0.3 is 9.53 Å². The highest BCUT2D eigenvalue weighted by molar-refractivity contribution is 5.82. The fraction of sp³-hybridized carbons (Fsp3) is 0.467. The van der Waals surface area contributed by atoms with E-state index in [4.69, 9.17) is 9.57 Å². The van der Waals surface area contributed by atoms with Crippen molar-refractivity contribution in [2.24, 2.45) is 0 Å². The molecule has 20 heavy (non-hydrogen) atoms. The van der Waals surface area contributed by atoms with E-state index in [2.05, 4.69) is 0 Å². The van der Waals surface area contributed by atoms with E-state index in [1.54, 1.807) is 18.9 Å². The van der Waals surface area contributed by atoms with Crippen molar-refractivity contribution >= 4 is 12.3 Å². The van der Waals surface area contributed by atoms with Crippen LogP contribution in [0.5, 0.6) is 0 Å². The Labute approximate surface area is 118 Å². The molecule has 108 valence electrons. The van der Waals surface area contributed by atoms with E-state index >= 15 is 0 Å². The third kappa shape index (κ3) is 2.59. The lowest BCUT2D eigenvalue weighted by molar-refractivity contribution is -0.220. The highest BCUT2D eigenvalue weighted by Crippen LogP contribution is 2.39. The number of nitrogens with zero attached hydrogens (tertiary/aromatic N) is 1. The van der Waals surface area contributed by atoms with Crippen molar-refractivity contribution < 1.29 is 19.2 Å². The largest absolute Gasteiger partial charge is 0.468 e. The standard InChI is InChI=1S/C15H19NO4/c1-14(11-17)10-15(2,13(18)19-3)16(20-14)9-12-7-5-4-6-8-12/h4-8,11H,9-10H2,1-3H3/t14-,15+/m0/s1. The number of hydrogen-bond acceptors (Lipinski definition) is 5. The first kappa shape index (κ1) is 14.7. The summed E-state index contributed by atoms with van der Waals surface area (Å²) in [5.41, 5.74) is -0.976. The molecule has 1 heterocycles. The van der Waals surface area contributed by atoms with Gasteiger partial charge in [-0.1, -0.05) is 30.3 Å². The number of ether oxygens (including phenoxy) is 1. The number of carbonyl (C=O) groups is 2. The molecule has 1 aromatic carbocycles. The summed E-state index contributed by atoms with van der Waals surface area (Å²) in [5, 5.41) is 1.54. The summed E-state index contributed by atoms with van der Waals surface area (Å²) < 4.78 is 4.87. The zero-order valence-electron chi connectivity index (χ0n) is 12.0. The van der Waals surface area contributed by atoms with Gasteiger partial charge in [0, 0.05) is 6.42 Å². The molecule has 0 aliphatic carbocycles. The first-order valence-electron chi connectivity index (χ1n) is 6.49. The minimum atomic E-state index is -1.00. The maximum atomic E-state index is 12.1. The molecule has 0 saturated carbocycles. The minimum Gasteiger partial charge on any atom is -0.468 e. The number of carbonyl (C=O) groups excluding carboxylic acids is 2. The van der Waals surface area contributed by atoms with Gasteiger partial charge in [-0.2, -0.15) is 5.06 Å². The summed E-state index contributed by atoms with van der Waals surface area (Å²) in [4.78, 5) is 29.0. The van der Waals surface area contributed by atoms with Crippen molar-refractivity contribution in [1.82, 2.24) is 5.06 Å². The van der Waals surface area contributed by atoms with Gasteiger partial charge in [0.05, 0.1) is 13.7 Å². The lowest BCUT2D eigenvalue weighted by Gasteiger charge is -2.29. The molecule has 2 rings (SSSR count). The van der Waals surface area contributed by atoms with Crippen LogP contribution in [0.25, 0.3) is 0 Å². The van der Waals surface area contributed by atoms with E-state index in [0.717, 1.165) is 11.8 Å². The third-order valence-corrected chi connectivity index (χ3v) is 3.61. The summed E-state index contributed by atoms with van der Waals surface area (Å²) in [6.45, 7) is 3.82. The molecule has 0 aromatic heterocycles. The van der Waals surface area contributed by atoms with Crippen molar-refractivity contribution in [2.45, 2.75) is 38.0 Å². The molecular weight excluding hydrogens is 258 g/mol. The predicted octanol–water partition coefficient (Wildman–Crippen LogP) is 1.71. The Balaban J connectivity index is 2.28. The monoisotopic (exact) mass is 277 g/mol. The van der Waals surface area contributed by atoms with Gasteiger partial charge in [-0.15, -0.1) is 0 Å². The molecule has 1 aromatic rings. The Kier molecular flexibility index (Phi) is 3.92. The summed E-state index contributed by atoms with van der Waals surface area (Å²) in [7, 11) is 1.34. The van der Waals surface area contributed by atoms with Crippen molar-refractivity contribution in [2.75, 3.05) is 7.11 Å². The molecule has 0 spiro atoms. The normalized spacial score (nSPS) is 30.1. The maximum absolute atomic E-state index is 12.1. The Bertz CT molecular complexity index is 504. The summed E-state index contributed by atoms with van der Waals surface area (Å²) >= 11 is 0. The Morgan fingerprint density at radius 3 is 2.60 bits per heavy atom. The molecule has 5 nitrogen and oxygen atoms in total. The highest BCUT2D eigenvalue weighted by Gasteiger charge is 2.55. The lowest BCUT2D eigenvalue weighted by atomic mass is 9.89. The molecule has 1 saturated heterocycles. The minimum absolute atomic E-state index is 0.267. The molecule has 5 heteroatoms. The topological polar surface area (TPSA) is 55.8 Å². The van der Waals surface area contributed by atoms with Crippen LogP contribution in [0.2, 0.25) is 0 Å².